The van der Waals surface area contributed by atoms with Gasteiger partial charge in [-0.1, -0.05) is 13.8 Å². The first-order valence-electron chi connectivity index (χ1n) is 7.13. The first-order chi connectivity index (χ1) is 8.63. The molecule has 1 aromatic rings. The average Bonchev–Trinajstić information content (AvgIpc) is 2.78. The van der Waals surface area contributed by atoms with E-state index in [2.05, 4.69) is 37.6 Å². The number of aryl methyl sites for hydroxylation is 1. The van der Waals surface area contributed by atoms with Crippen molar-refractivity contribution in [3.8, 4) is 0 Å². The summed E-state index contributed by atoms with van der Waals surface area (Å²) in [5.41, 5.74) is 4.48. The minimum atomic E-state index is 0.351. The molecule has 0 aliphatic heterocycles. The van der Waals surface area contributed by atoms with Gasteiger partial charge in [0, 0.05) is 10.9 Å². The topological polar surface area (TPSA) is 38.0 Å². The highest BCUT2D eigenvalue weighted by Crippen LogP contribution is 2.40. The first-order valence-corrected chi connectivity index (χ1v) is 8.01. The van der Waals surface area contributed by atoms with Crippen LogP contribution in [0.25, 0.3) is 0 Å². The second-order valence-electron chi connectivity index (χ2n) is 6.00. The first kappa shape index (κ1) is 14.0. The molecule has 0 spiro atoms. The Morgan fingerprint density at radius 1 is 1.22 bits per heavy atom. The molecule has 1 aliphatic carbocycles. The maximum absolute atomic E-state index is 5.81. The summed E-state index contributed by atoms with van der Waals surface area (Å²) in [6.45, 7) is 6.91. The zero-order valence-electron chi connectivity index (χ0n) is 11.8. The largest absolute Gasteiger partial charge is 0.271 e. The molecule has 102 valence electrons. The van der Waals surface area contributed by atoms with Gasteiger partial charge >= 0.3 is 0 Å². The molecule has 2 rings (SSSR count). The molecule has 1 aliphatic rings. The van der Waals surface area contributed by atoms with E-state index in [0.29, 0.717) is 12.0 Å². The summed E-state index contributed by atoms with van der Waals surface area (Å²) in [7, 11) is 0. The second kappa shape index (κ2) is 6.18. The second-order valence-corrected chi connectivity index (χ2v) is 7.12. The minimum Gasteiger partial charge on any atom is -0.271 e. The maximum atomic E-state index is 5.81. The molecule has 0 radical (unpaired) electrons. The van der Waals surface area contributed by atoms with Crippen molar-refractivity contribution >= 4 is 11.3 Å². The highest BCUT2D eigenvalue weighted by atomic mass is 32.1. The molecule has 0 aromatic carbocycles. The lowest BCUT2D eigenvalue weighted by Gasteiger charge is -2.35. The molecule has 0 saturated heterocycles. The number of hydrogen-bond donors (Lipinski definition) is 2. The molecule has 18 heavy (non-hydrogen) atoms. The summed E-state index contributed by atoms with van der Waals surface area (Å²) < 4.78 is 0. The number of nitrogens with two attached hydrogens (primary N) is 1. The molecular weight excluding hydrogens is 240 g/mol. The van der Waals surface area contributed by atoms with Crippen molar-refractivity contribution in [2.75, 3.05) is 0 Å². The normalized spacial score (nSPS) is 26.5. The van der Waals surface area contributed by atoms with E-state index in [1.807, 2.05) is 11.3 Å². The van der Waals surface area contributed by atoms with Gasteiger partial charge in [0.2, 0.25) is 0 Å². The van der Waals surface area contributed by atoms with Gasteiger partial charge in [-0.3, -0.25) is 11.3 Å². The lowest BCUT2D eigenvalue weighted by molar-refractivity contribution is 0.189. The van der Waals surface area contributed by atoms with Gasteiger partial charge in [0.15, 0.2) is 0 Å². The van der Waals surface area contributed by atoms with Gasteiger partial charge < -0.3 is 0 Å². The summed E-state index contributed by atoms with van der Waals surface area (Å²) in [5, 5.41) is 2.18. The summed E-state index contributed by atoms with van der Waals surface area (Å²) in [5.74, 6) is 8.27. The number of nitrogens with one attached hydrogen (secondary N) is 1. The summed E-state index contributed by atoms with van der Waals surface area (Å²) in [6.07, 6.45) is 5.35. The van der Waals surface area contributed by atoms with Crippen LogP contribution in [0, 0.1) is 24.7 Å². The number of hydrogen-bond acceptors (Lipinski definition) is 3. The van der Waals surface area contributed by atoms with Gasteiger partial charge in [-0.2, -0.15) is 0 Å². The maximum Gasteiger partial charge on any atom is 0.0499 e. The summed E-state index contributed by atoms with van der Waals surface area (Å²) in [4.78, 5) is 1.41. The van der Waals surface area contributed by atoms with Crippen molar-refractivity contribution < 1.29 is 0 Å². The molecule has 2 nitrogen and oxygen atoms in total. The van der Waals surface area contributed by atoms with Crippen molar-refractivity contribution in [1.29, 1.82) is 0 Å². The molecule has 3 heteroatoms. The van der Waals surface area contributed by atoms with E-state index in [9.17, 15) is 0 Å². The van der Waals surface area contributed by atoms with E-state index in [4.69, 9.17) is 5.84 Å². The molecule has 3 N–H and O–H groups in total. The highest BCUT2D eigenvalue weighted by molar-refractivity contribution is 7.10. The standard InChI is InChI=1S/C15H26N2S/c1-10(2)12-4-6-13(7-5-12)15(17-16)14-8-9-18-11(14)3/h8-10,12-13,15,17H,4-7,16H2,1-3H3. The fourth-order valence-corrected chi connectivity index (χ4v) is 4.09. The van der Waals surface area contributed by atoms with E-state index in [1.54, 1.807) is 0 Å². The fourth-order valence-electron chi connectivity index (χ4n) is 3.34. The van der Waals surface area contributed by atoms with Crippen molar-refractivity contribution in [1.82, 2.24) is 5.43 Å². The molecular formula is C15H26N2S. The highest BCUT2D eigenvalue weighted by Gasteiger charge is 2.29. The van der Waals surface area contributed by atoms with E-state index >= 15 is 0 Å². The van der Waals surface area contributed by atoms with Crippen molar-refractivity contribution in [3.05, 3.63) is 21.9 Å². The predicted molar refractivity (Wildman–Crippen MR) is 79.4 cm³/mol. The van der Waals surface area contributed by atoms with E-state index < -0.39 is 0 Å². The Morgan fingerprint density at radius 3 is 2.28 bits per heavy atom. The van der Waals surface area contributed by atoms with Crippen LogP contribution in [0.5, 0.6) is 0 Å². The summed E-state index contributed by atoms with van der Waals surface area (Å²) in [6, 6.07) is 2.59. The van der Waals surface area contributed by atoms with Gasteiger partial charge in [0.05, 0.1) is 0 Å². The molecule has 1 saturated carbocycles. The Kier molecular flexibility index (Phi) is 4.82. The van der Waals surface area contributed by atoms with Crippen LogP contribution >= 0.6 is 11.3 Å². The molecule has 0 bridgehead atoms. The molecule has 1 atom stereocenters. The van der Waals surface area contributed by atoms with E-state index in [1.165, 1.54) is 36.1 Å². The Hall–Kier alpha value is -0.380. The minimum absolute atomic E-state index is 0.351. The number of hydrazine groups is 1. The quantitative estimate of drug-likeness (QED) is 0.638. The van der Waals surface area contributed by atoms with Crippen LogP contribution in [0.1, 0.15) is 56.0 Å². The zero-order chi connectivity index (χ0) is 13.1. The van der Waals surface area contributed by atoms with Crippen LogP contribution in [0.2, 0.25) is 0 Å². The number of thiophene rings is 1. The van der Waals surface area contributed by atoms with Gasteiger partial charge in [-0.05, 0) is 67.4 Å². The van der Waals surface area contributed by atoms with Crippen LogP contribution in [0.3, 0.4) is 0 Å². The van der Waals surface area contributed by atoms with E-state index in [-0.39, 0.29) is 0 Å². The Morgan fingerprint density at radius 2 is 1.83 bits per heavy atom. The predicted octanol–water partition coefficient (Wildman–Crippen LogP) is 4.02. The van der Waals surface area contributed by atoms with Crippen LogP contribution < -0.4 is 11.3 Å². The van der Waals surface area contributed by atoms with Gasteiger partial charge in [-0.15, -0.1) is 11.3 Å². The van der Waals surface area contributed by atoms with Gasteiger partial charge in [-0.25, -0.2) is 0 Å². The van der Waals surface area contributed by atoms with Crippen molar-refractivity contribution in [3.63, 3.8) is 0 Å². The molecule has 1 unspecified atom stereocenters. The summed E-state index contributed by atoms with van der Waals surface area (Å²) >= 11 is 1.82. The average molecular weight is 266 g/mol. The Labute approximate surface area is 115 Å². The van der Waals surface area contributed by atoms with Gasteiger partial charge in [0.25, 0.3) is 0 Å². The number of rotatable bonds is 4. The third kappa shape index (κ3) is 2.95. The molecule has 0 amide bonds. The van der Waals surface area contributed by atoms with Crippen LogP contribution in [-0.4, -0.2) is 0 Å². The van der Waals surface area contributed by atoms with Crippen molar-refractivity contribution in [2.24, 2.45) is 23.6 Å². The van der Waals surface area contributed by atoms with Crippen LogP contribution in [0.4, 0.5) is 0 Å². The Balaban J connectivity index is 2.01. The zero-order valence-corrected chi connectivity index (χ0v) is 12.6. The third-order valence-corrected chi connectivity index (χ3v) is 5.51. The lowest BCUT2D eigenvalue weighted by atomic mass is 9.73. The fraction of sp³-hybridized carbons (Fsp3) is 0.733. The van der Waals surface area contributed by atoms with Gasteiger partial charge in [0.1, 0.15) is 0 Å². The Bertz CT molecular complexity index is 364. The van der Waals surface area contributed by atoms with E-state index in [0.717, 1.165) is 11.8 Å². The SMILES string of the molecule is Cc1sccc1C(NN)C1CCC(C(C)C)CC1. The smallest absolute Gasteiger partial charge is 0.0499 e. The van der Waals surface area contributed by atoms with Crippen LogP contribution in [-0.2, 0) is 0 Å². The monoisotopic (exact) mass is 266 g/mol. The van der Waals surface area contributed by atoms with Crippen LogP contribution in [0.15, 0.2) is 11.4 Å². The van der Waals surface area contributed by atoms with Crippen molar-refractivity contribution in [2.45, 2.75) is 52.5 Å². The molecule has 1 aromatic heterocycles. The molecule has 1 fully saturated rings. The molecule has 1 heterocycles. The lowest BCUT2D eigenvalue weighted by Crippen LogP contribution is -2.36. The third-order valence-electron chi connectivity index (χ3n) is 4.64.